The van der Waals surface area contributed by atoms with Gasteiger partial charge in [-0.05, 0) is 19.4 Å². The number of hydrogen-bond donors (Lipinski definition) is 2. The molecule has 0 aliphatic carbocycles. The number of ether oxygens (including phenoxy) is 1. The molecule has 0 saturated carbocycles. The van der Waals surface area contributed by atoms with Gasteiger partial charge >= 0.3 is 0 Å². The van der Waals surface area contributed by atoms with Crippen LogP contribution in [0.1, 0.15) is 18.9 Å². The number of aryl methyl sites for hydroxylation is 1. The lowest BCUT2D eigenvalue weighted by atomic mass is 10.1. The summed E-state index contributed by atoms with van der Waals surface area (Å²) in [6.45, 7) is 10.2. The van der Waals surface area contributed by atoms with Gasteiger partial charge in [-0.25, -0.2) is 4.39 Å². The van der Waals surface area contributed by atoms with E-state index in [1.807, 2.05) is 13.0 Å². The second-order valence-corrected chi connectivity index (χ2v) is 7.08. The van der Waals surface area contributed by atoms with Crippen LogP contribution in [-0.2, 0) is 11.3 Å². The van der Waals surface area contributed by atoms with Crippen LogP contribution in [0.25, 0.3) is 5.57 Å². The molecule has 0 spiro atoms. The molecule has 3 heterocycles. The summed E-state index contributed by atoms with van der Waals surface area (Å²) in [5, 5.41) is 19.5. The summed E-state index contributed by atoms with van der Waals surface area (Å²) in [6, 6.07) is 1.96. The number of halogens is 1. The highest BCUT2D eigenvalue weighted by Crippen LogP contribution is 2.33. The monoisotopic (exact) mass is 440 g/mol. The summed E-state index contributed by atoms with van der Waals surface area (Å²) in [5.74, 6) is 0.139. The fourth-order valence-electron chi connectivity index (χ4n) is 3.29. The van der Waals surface area contributed by atoms with E-state index in [9.17, 15) is 14.4 Å². The summed E-state index contributed by atoms with van der Waals surface area (Å²) < 4.78 is 22.4. The maximum absolute atomic E-state index is 14.7. The molecule has 1 aliphatic rings. The zero-order chi connectivity index (χ0) is 23.3. The highest BCUT2D eigenvalue weighted by Gasteiger charge is 2.34. The van der Waals surface area contributed by atoms with Crippen LogP contribution < -0.4 is 15.4 Å². The summed E-state index contributed by atoms with van der Waals surface area (Å²) in [4.78, 5) is 22.2. The number of allylic oxidation sites excluding steroid dienone is 1. The summed E-state index contributed by atoms with van der Waals surface area (Å²) >= 11 is 0. The molecule has 0 aromatic carbocycles. The topological polar surface area (TPSA) is 121 Å². The molecule has 3 rings (SSSR count). The van der Waals surface area contributed by atoms with Gasteiger partial charge in [0.05, 0.1) is 35.6 Å². The molecule has 2 N–H and O–H groups in total. The number of carbonyl (C=O) groups excluding carboxylic acids is 1. The van der Waals surface area contributed by atoms with E-state index in [1.54, 1.807) is 24.1 Å². The van der Waals surface area contributed by atoms with Crippen molar-refractivity contribution in [3.63, 3.8) is 0 Å². The summed E-state index contributed by atoms with van der Waals surface area (Å²) in [5.41, 5.74) is 0.930. The van der Waals surface area contributed by atoms with Crippen molar-refractivity contribution in [1.29, 1.82) is 5.26 Å². The number of hydrogen-bond acceptors (Lipinski definition) is 8. The highest BCUT2D eigenvalue weighted by atomic mass is 19.1. The van der Waals surface area contributed by atoms with Crippen molar-refractivity contribution in [1.82, 2.24) is 24.6 Å². The molecule has 0 bridgehead atoms. The SMILES string of the molecule is C=CC(=O)N1CCC(F)[C@@H](Oc2nc(Nc3cnn(CC)c3)nc(NC)c2C(=C)C#N)C1. The minimum Gasteiger partial charge on any atom is -0.469 e. The first-order valence-corrected chi connectivity index (χ1v) is 10.1. The maximum atomic E-state index is 14.7. The lowest BCUT2D eigenvalue weighted by molar-refractivity contribution is -0.130. The Hall–Kier alpha value is -3.94. The van der Waals surface area contributed by atoms with Crippen LogP contribution in [-0.4, -0.2) is 63.0 Å². The minimum absolute atomic E-state index is 0.0122. The number of anilines is 3. The van der Waals surface area contributed by atoms with Crippen molar-refractivity contribution in [2.24, 2.45) is 0 Å². The number of amides is 1. The molecule has 2 aromatic heterocycles. The molecule has 1 amide bonds. The van der Waals surface area contributed by atoms with Crippen LogP contribution in [0.15, 0.2) is 31.6 Å². The van der Waals surface area contributed by atoms with Gasteiger partial charge in [0.15, 0.2) is 0 Å². The molecule has 11 heteroatoms. The third kappa shape index (κ3) is 4.85. The van der Waals surface area contributed by atoms with Gasteiger partial charge in [-0.1, -0.05) is 13.2 Å². The summed E-state index contributed by atoms with van der Waals surface area (Å²) in [6.07, 6.45) is 2.40. The van der Waals surface area contributed by atoms with Crippen molar-refractivity contribution in [3.8, 4) is 11.9 Å². The standard InChI is InChI=1S/C21H25FN8O2/c1-5-17(31)29-8-7-15(22)16(12-29)32-20-18(13(3)9-23)19(24-4)27-21(28-20)26-14-10-25-30(6-2)11-14/h5,10-11,15-16H,1,3,6-8,12H2,2,4H3,(H2,24,26,27,28)/t15?,16-/m0/s1. The van der Waals surface area contributed by atoms with Gasteiger partial charge < -0.3 is 20.3 Å². The van der Waals surface area contributed by atoms with E-state index in [4.69, 9.17) is 4.74 Å². The predicted octanol–water partition coefficient (Wildman–Crippen LogP) is 2.52. The van der Waals surface area contributed by atoms with Crippen LogP contribution in [0.5, 0.6) is 5.88 Å². The van der Waals surface area contributed by atoms with Gasteiger partial charge in [-0.2, -0.15) is 20.3 Å². The average molecular weight is 440 g/mol. The second-order valence-electron chi connectivity index (χ2n) is 7.08. The van der Waals surface area contributed by atoms with Gasteiger partial charge in [-0.15, -0.1) is 0 Å². The zero-order valence-corrected chi connectivity index (χ0v) is 18.0. The van der Waals surface area contributed by atoms with E-state index in [0.717, 1.165) is 0 Å². The van der Waals surface area contributed by atoms with E-state index in [-0.39, 0.29) is 54.2 Å². The highest BCUT2D eigenvalue weighted by molar-refractivity contribution is 5.87. The molecule has 1 fully saturated rings. The number of aromatic nitrogens is 4. The van der Waals surface area contributed by atoms with Crippen LogP contribution in [0.3, 0.4) is 0 Å². The van der Waals surface area contributed by atoms with Gasteiger partial charge in [0.1, 0.15) is 18.1 Å². The number of piperidine rings is 1. The number of nitriles is 1. The number of rotatable bonds is 8. The predicted molar refractivity (Wildman–Crippen MR) is 118 cm³/mol. The van der Waals surface area contributed by atoms with Gasteiger partial charge in [0.25, 0.3) is 0 Å². The van der Waals surface area contributed by atoms with Crippen LogP contribution in [0.4, 0.5) is 21.8 Å². The Bertz CT molecular complexity index is 1060. The Morgan fingerprint density at radius 2 is 2.28 bits per heavy atom. The molecule has 1 saturated heterocycles. The first-order valence-electron chi connectivity index (χ1n) is 10.1. The van der Waals surface area contributed by atoms with Crippen molar-refractivity contribution >= 4 is 28.9 Å². The van der Waals surface area contributed by atoms with E-state index >= 15 is 0 Å². The van der Waals surface area contributed by atoms with E-state index in [1.165, 1.54) is 11.0 Å². The Kier molecular flexibility index (Phi) is 7.04. The molecule has 1 unspecified atom stereocenters. The number of nitrogens with zero attached hydrogens (tertiary/aromatic N) is 6. The lowest BCUT2D eigenvalue weighted by Gasteiger charge is -2.34. The molecule has 10 nitrogen and oxygen atoms in total. The number of likely N-dealkylation sites (tertiary alicyclic amines) is 1. The third-order valence-corrected chi connectivity index (χ3v) is 4.99. The maximum Gasteiger partial charge on any atom is 0.246 e. The van der Waals surface area contributed by atoms with Crippen LogP contribution >= 0.6 is 0 Å². The number of nitrogens with one attached hydrogen (secondary N) is 2. The van der Waals surface area contributed by atoms with Crippen molar-refractivity contribution in [2.45, 2.75) is 32.2 Å². The first kappa shape index (κ1) is 22.7. The largest absolute Gasteiger partial charge is 0.469 e. The molecule has 0 radical (unpaired) electrons. The molecule has 2 atom stereocenters. The Balaban J connectivity index is 1.97. The fraction of sp³-hybridized carbons (Fsp3) is 0.381. The molecule has 2 aromatic rings. The first-order chi connectivity index (χ1) is 15.4. The zero-order valence-electron chi connectivity index (χ0n) is 18.0. The normalized spacial score (nSPS) is 17.9. The van der Waals surface area contributed by atoms with Gasteiger partial charge in [-0.3, -0.25) is 9.48 Å². The van der Waals surface area contributed by atoms with E-state index in [0.29, 0.717) is 12.2 Å². The third-order valence-electron chi connectivity index (χ3n) is 4.99. The fourth-order valence-corrected chi connectivity index (χ4v) is 3.29. The molecular formula is C21H25FN8O2. The van der Waals surface area contributed by atoms with Crippen LogP contribution in [0.2, 0.25) is 0 Å². The molecular weight excluding hydrogens is 415 g/mol. The van der Waals surface area contributed by atoms with Crippen LogP contribution in [0, 0.1) is 11.3 Å². The van der Waals surface area contributed by atoms with Crippen molar-refractivity contribution in [2.75, 3.05) is 30.8 Å². The quantitative estimate of drug-likeness (QED) is 0.474. The molecule has 32 heavy (non-hydrogen) atoms. The molecule has 168 valence electrons. The van der Waals surface area contributed by atoms with Crippen molar-refractivity contribution < 1.29 is 13.9 Å². The second kappa shape index (κ2) is 9.91. The average Bonchev–Trinajstić information content (AvgIpc) is 3.26. The van der Waals surface area contributed by atoms with E-state index in [2.05, 4.69) is 38.9 Å². The summed E-state index contributed by atoms with van der Waals surface area (Å²) in [7, 11) is 1.63. The van der Waals surface area contributed by atoms with Gasteiger partial charge in [0, 0.05) is 26.3 Å². The Labute approximate surface area is 185 Å². The number of alkyl halides is 1. The van der Waals surface area contributed by atoms with E-state index < -0.39 is 12.3 Å². The number of carbonyl (C=O) groups is 1. The Morgan fingerprint density at radius 1 is 1.50 bits per heavy atom. The smallest absolute Gasteiger partial charge is 0.246 e. The minimum atomic E-state index is -1.32. The Morgan fingerprint density at radius 3 is 2.91 bits per heavy atom. The molecule has 1 aliphatic heterocycles. The van der Waals surface area contributed by atoms with Crippen molar-refractivity contribution in [3.05, 3.63) is 37.2 Å². The lowest BCUT2D eigenvalue weighted by Crippen LogP contribution is -2.49. The van der Waals surface area contributed by atoms with Gasteiger partial charge in [0.2, 0.25) is 17.7 Å².